The van der Waals surface area contributed by atoms with Crippen LogP contribution in [0.5, 0.6) is 5.75 Å². The molecule has 0 fully saturated rings. The van der Waals surface area contributed by atoms with E-state index in [2.05, 4.69) is 5.32 Å². The van der Waals surface area contributed by atoms with E-state index >= 15 is 0 Å². The van der Waals surface area contributed by atoms with Crippen LogP contribution in [0.4, 0.5) is 0 Å². The van der Waals surface area contributed by atoms with Crippen LogP contribution in [0.25, 0.3) is 6.08 Å². The monoisotopic (exact) mass is 265 g/mol. The molecule has 0 aliphatic heterocycles. The molecule has 5 heteroatoms. The number of carbonyl (C=O) groups excluding carboxylic acids is 1. The van der Waals surface area contributed by atoms with E-state index in [0.717, 1.165) is 5.56 Å². The molecule has 1 amide bonds. The smallest absolute Gasteiger partial charge is 0.244 e. The van der Waals surface area contributed by atoms with E-state index in [1.165, 1.54) is 6.08 Å². The van der Waals surface area contributed by atoms with Gasteiger partial charge >= 0.3 is 0 Å². The summed E-state index contributed by atoms with van der Waals surface area (Å²) in [5.74, 6) is 0.378. The fraction of sp³-hybridized carbons (Fsp3) is 0.357. The number of benzene rings is 1. The SMILES string of the molecule is CCOc1ccccc1C=CC(=O)NCC(O)CO. The Morgan fingerprint density at radius 3 is 2.89 bits per heavy atom. The zero-order valence-electron chi connectivity index (χ0n) is 10.9. The molecule has 5 nitrogen and oxygen atoms in total. The van der Waals surface area contributed by atoms with Crippen molar-refractivity contribution >= 4 is 12.0 Å². The van der Waals surface area contributed by atoms with E-state index in [1.807, 2.05) is 31.2 Å². The van der Waals surface area contributed by atoms with Gasteiger partial charge < -0.3 is 20.3 Å². The third-order valence-electron chi connectivity index (χ3n) is 2.36. The number of rotatable bonds is 7. The minimum absolute atomic E-state index is 0.0206. The van der Waals surface area contributed by atoms with Crippen LogP contribution in [0, 0.1) is 0 Å². The number of nitrogens with one attached hydrogen (secondary N) is 1. The van der Waals surface area contributed by atoms with Gasteiger partial charge in [0.2, 0.25) is 5.91 Å². The zero-order valence-corrected chi connectivity index (χ0v) is 10.9. The molecule has 0 saturated carbocycles. The maximum absolute atomic E-state index is 11.5. The lowest BCUT2D eigenvalue weighted by molar-refractivity contribution is -0.117. The fourth-order valence-electron chi connectivity index (χ4n) is 1.41. The van der Waals surface area contributed by atoms with Crippen molar-refractivity contribution in [3.63, 3.8) is 0 Å². The molecule has 0 saturated heterocycles. The van der Waals surface area contributed by atoms with Crippen LogP contribution in [0.3, 0.4) is 0 Å². The highest BCUT2D eigenvalue weighted by Gasteiger charge is 2.03. The molecule has 0 spiro atoms. The van der Waals surface area contributed by atoms with Gasteiger partial charge in [0, 0.05) is 18.2 Å². The van der Waals surface area contributed by atoms with Crippen molar-refractivity contribution in [1.29, 1.82) is 0 Å². The Balaban J connectivity index is 2.58. The standard InChI is InChI=1S/C14H19NO4/c1-2-19-13-6-4-3-5-11(13)7-8-14(18)15-9-12(17)10-16/h3-8,12,16-17H,2,9-10H2,1H3,(H,15,18). The number of carbonyl (C=O) groups is 1. The first-order chi connectivity index (χ1) is 9.17. The number of hydrogen-bond donors (Lipinski definition) is 3. The van der Waals surface area contributed by atoms with Gasteiger partial charge in [-0.2, -0.15) is 0 Å². The normalized spacial score (nSPS) is 12.4. The van der Waals surface area contributed by atoms with Gasteiger partial charge in [0.1, 0.15) is 5.75 Å². The van der Waals surface area contributed by atoms with Crippen LogP contribution in [-0.4, -0.2) is 42.0 Å². The minimum Gasteiger partial charge on any atom is -0.493 e. The predicted octanol–water partition coefficient (Wildman–Crippen LogP) is 0.568. The Hall–Kier alpha value is -1.85. The molecule has 19 heavy (non-hydrogen) atoms. The van der Waals surface area contributed by atoms with Crippen LogP contribution in [0.1, 0.15) is 12.5 Å². The average Bonchev–Trinajstić information content (AvgIpc) is 2.44. The summed E-state index contributed by atoms with van der Waals surface area (Å²) >= 11 is 0. The maximum atomic E-state index is 11.5. The summed E-state index contributed by atoms with van der Waals surface area (Å²) in [6.07, 6.45) is 2.07. The molecule has 1 rings (SSSR count). The zero-order chi connectivity index (χ0) is 14.1. The van der Waals surface area contributed by atoms with Crippen molar-refractivity contribution in [2.45, 2.75) is 13.0 Å². The molecule has 0 aliphatic rings. The summed E-state index contributed by atoms with van der Waals surface area (Å²) in [5.41, 5.74) is 0.808. The molecule has 0 radical (unpaired) electrons. The Morgan fingerprint density at radius 2 is 2.21 bits per heavy atom. The Labute approximate surface area is 112 Å². The van der Waals surface area contributed by atoms with Crippen molar-refractivity contribution < 1.29 is 19.7 Å². The van der Waals surface area contributed by atoms with Gasteiger partial charge in [0.15, 0.2) is 0 Å². The predicted molar refractivity (Wildman–Crippen MR) is 72.7 cm³/mol. The second kappa shape index (κ2) is 8.29. The summed E-state index contributed by atoms with van der Waals surface area (Å²) in [7, 11) is 0. The summed E-state index contributed by atoms with van der Waals surface area (Å²) < 4.78 is 5.43. The van der Waals surface area contributed by atoms with E-state index in [0.29, 0.717) is 12.4 Å². The van der Waals surface area contributed by atoms with Gasteiger partial charge in [-0.05, 0) is 19.1 Å². The first-order valence-corrected chi connectivity index (χ1v) is 6.14. The van der Waals surface area contributed by atoms with Crippen LogP contribution >= 0.6 is 0 Å². The number of aliphatic hydroxyl groups excluding tert-OH is 2. The molecule has 0 heterocycles. The number of para-hydroxylation sites is 1. The molecule has 1 atom stereocenters. The second-order valence-corrected chi connectivity index (χ2v) is 3.89. The molecule has 3 N–H and O–H groups in total. The lowest BCUT2D eigenvalue weighted by Crippen LogP contribution is -2.32. The first kappa shape index (κ1) is 15.2. The summed E-state index contributed by atoms with van der Waals surface area (Å²) in [5, 5.41) is 20.2. The van der Waals surface area contributed by atoms with E-state index in [-0.39, 0.29) is 19.1 Å². The lowest BCUT2D eigenvalue weighted by atomic mass is 10.2. The van der Waals surface area contributed by atoms with Crippen molar-refractivity contribution in [3.8, 4) is 5.75 Å². The Bertz CT molecular complexity index is 431. The van der Waals surface area contributed by atoms with Crippen molar-refractivity contribution in [2.24, 2.45) is 0 Å². The van der Waals surface area contributed by atoms with Gasteiger partial charge in [-0.1, -0.05) is 18.2 Å². The largest absolute Gasteiger partial charge is 0.493 e. The fourth-order valence-corrected chi connectivity index (χ4v) is 1.41. The molecule has 1 aromatic rings. The third kappa shape index (κ3) is 5.54. The topological polar surface area (TPSA) is 78.8 Å². The van der Waals surface area contributed by atoms with Crippen molar-refractivity contribution in [1.82, 2.24) is 5.32 Å². The number of aliphatic hydroxyl groups is 2. The molecular weight excluding hydrogens is 246 g/mol. The minimum atomic E-state index is -0.937. The summed E-state index contributed by atoms with van der Waals surface area (Å²) in [6, 6.07) is 7.39. The lowest BCUT2D eigenvalue weighted by Gasteiger charge is -2.07. The first-order valence-electron chi connectivity index (χ1n) is 6.14. The van der Waals surface area contributed by atoms with Gasteiger partial charge in [0.05, 0.1) is 19.3 Å². The summed E-state index contributed by atoms with van der Waals surface area (Å²) in [4.78, 5) is 11.5. The quantitative estimate of drug-likeness (QED) is 0.630. The highest BCUT2D eigenvalue weighted by atomic mass is 16.5. The highest BCUT2D eigenvalue weighted by molar-refractivity contribution is 5.92. The number of ether oxygens (including phenoxy) is 1. The molecule has 0 bridgehead atoms. The van der Waals surface area contributed by atoms with E-state index < -0.39 is 6.10 Å². The summed E-state index contributed by atoms with van der Waals surface area (Å²) in [6.45, 7) is 2.09. The van der Waals surface area contributed by atoms with Crippen LogP contribution in [-0.2, 0) is 4.79 Å². The van der Waals surface area contributed by atoms with Gasteiger partial charge in [-0.3, -0.25) is 4.79 Å². The molecular formula is C14H19NO4. The second-order valence-electron chi connectivity index (χ2n) is 3.89. The van der Waals surface area contributed by atoms with Crippen LogP contribution < -0.4 is 10.1 Å². The van der Waals surface area contributed by atoms with E-state index in [9.17, 15) is 4.79 Å². The number of amides is 1. The molecule has 1 aromatic carbocycles. The van der Waals surface area contributed by atoms with Crippen LogP contribution in [0.15, 0.2) is 30.3 Å². The molecule has 104 valence electrons. The number of hydrogen-bond acceptors (Lipinski definition) is 4. The third-order valence-corrected chi connectivity index (χ3v) is 2.36. The van der Waals surface area contributed by atoms with Crippen LogP contribution in [0.2, 0.25) is 0 Å². The molecule has 0 aliphatic carbocycles. The maximum Gasteiger partial charge on any atom is 0.244 e. The highest BCUT2D eigenvalue weighted by Crippen LogP contribution is 2.19. The van der Waals surface area contributed by atoms with Gasteiger partial charge in [0.25, 0.3) is 0 Å². The Morgan fingerprint density at radius 1 is 1.47 bits per heavy atom. The average molecular weight is 265 g/mol. The van der Waals surface area contributed by atoms with Gasteiger partial charge in [-0.15, -0.1) is 0 Å². The molecule has 0 aromatic heterocycles. The Kier molecular flexibility index (Phi) is 6.63. The van der Waals surface area contributed by atoms with E-state index in [1.54, 1.807) is 6.08 Å². The van der Waals surface area contributed by atoms with Crippen molar-refractivity contribution in [2.75, 3.05) is 19.8 Å². The van der Waals surface area contributed by atoms with E-state index in [4.69, 9.17) is 14.9 Å². The van der Waals surface area contributed by atoms with Gasteiger partial charge in [-0.25, -0.2) is 0 Å². The molecule has 1 unspecified atom stereocenters. The van der Waals surface area contributed by atoms with Crippen molar-refractivity contribution in [3.05, 3.63) is 35.9 Å².